The molecule has 94 valence electrons. The number of rotatable bonds is 1. The molecule has 3 nitrogen and oxygen atoms in total. The first-order valence-corrected chi connectivity index (χ1v) is 6.44. The van der Waals surface area contributed by atoms with Crippen LogP contribution in [0, 0.1) is 6.92 Å². The van der Waals surface area contributed by atoms with Gasteiger partial charge in [0.05, 0.1) is 11.4 Å². The van der Waals surface area contributed by atoms with E-state index < -0.39 is 0 Å². The molecule has 3 heteroatoms. The number of nitrogens with zero attached hydrogens (tertiary/aromatic N) is 2. The minimum Gasteiger partial charge on any atom is -0.383 e. The summed E-state index contributed by atoms with van der Waals surface area (Å²) in [6, 6.07) is 8.32. The van der Waals surface area contributed by atoms with Crippen molar-refractivity contribution < 1.29 is 0 Å². The van der Waals surface area contributed by atoms with Gasteiger partial charge in [0.1, 0.15) is 5.82 Å². The lowest BCUT2D eigenvalue weighted by Gasteiger charge is -2.18. The highest BCUT2D eigenvalue weighted by Crippen LogP contribution is 2.42. The Morgan fingerprint density at radius 2 is 1.89 bits per heavy atom. The molecule has 0 amide bonds. The summed E-state index contributed by atoms with van der Waals surface area (Å²) >= 11 is 0. The molecule has 1 aromatic carbocycles. The molecule has 0 spiro atoms. The molecule has 0 saturated heterocycles. The quantitative estimate of drug-likeness (QED) is 0.834. The van der Waals surface area contributed by atoms with Crippen LogP contribution in [0.25, 0.3) is 5.69 Å². The van der Waals surface area contributed by atoms with E-state index in [0.717, 1.165) is 30.0 Å². The second-order valence-corrected chi connectivity index (χ2v) is 5.84. The maximum absolute atomic E-state index is 6.30. The van der Waals surface area contributed by atoms with Gasteiger partial charge in [0, 0.05) is 5.56 Å². The zero-order valence-electron chi connectivity index (χ0n) is 11.2. The van der Waals surface area contributed by atoms with E-state index in [0.29, 0.717) is 0 Å². The summed E-state index contributed by atoms with van der Waals surface area (Å²) < 4.78 is 1.88. The topological polar surface area (TPSA) is 43.8 Å². The number of hydrogen-bond acceptors (Lipinski definition) is 2. The monoisotopic (exact) mass is 241 g/mol. The van der Waals surface area contributed by atoms with E-state index in [4.69, 9.17) is 5.73 Å². The van der Waals surface area contributed by atoms with Gasteiger partial charge in [-0.2, -0.15) is 5.10 Å². The number of aryl methyl sites for hydroxylation is 2. The van der Waals surface area contributed by atoms with Crippen LogP contribution in [0.5, 0.6) is 0 Å². The van der Waals surface area contributed by atoms with Gasteiger partial charge in [-0.1, -0.05) is 31.5 Å². The third kappa shape index (κ3) is 1.54. The van der Waals surface area contributed by atoms with Crippen molar-refractivity contribution in [3.63, 3.8) is 0 Å². The van der Waals surface area contributed by atoms with Gasteiger partial charge >= 0.3 is 0 Å². The second-order valence-electron chi connectivity index (χ2n) is 5.84. The predicted molar refractivity (Wildman–Crippen MR) is 74.1 cm³/mol. The number of nitrogen functional groups attached to an aromatic ring is 1. The zero-order valence-corrected chi connectivity index (χ0v) is 11.2. The number of hydrogen-bond donors (Lipinski definition) is 1. The first-order valence-electron chi connectivity index (χ1n) is 6.44. The van der Waals surface area contributed by atoms with Crippen molar-refractivity contribution in [3.05, 3.63) is 41.1 Å². The van der Waals surface area contributed by atoms with Crippen LogP contribution in [0.1, 0.15) is 37.1 Å². The largest absolute Gasteiger partial charge is 0.383 e. The molecule has 0 atom stereocenters. The lowest BCUT2D eigenvalue weighted by molar-refractivity contribution is 0.519. The molecule has 0 bridgehead atoms. The Balaban J connectivity index is 2.13. The molecule has 1 aromatic heterocycles. The molecule has 1 aliphatic carbocycles. The fourth-order valence-corrected chi connectivity index (χ4v) is 2.83. The van der Waals surface area contributed by atoms with Crippen molar-refractivity contribution in [2.75, 3.05) is 5.73 Å². The third-order valence-corrected chi connectivity index (χ3v) is 3.94. The van der Waals surface area contributed by atoms with E-state index in [2.05, 4.69) is 50.1 Å². The molecular formula is C15H19N3. The van der Waals surface area contributed by atoms with Crippen molar-refractivity contribution in [1.82, 2.24) is 9.78 Å². The molecule has 1 heterocycles. The number of benzene rings is 1. The number of fused-ring (bicyclic) bond motifs is 1. The minimum atomic E-state index is 0.155. The average Bonchev–Trinajstić information content (AvgIpc) is 2.80. The summed E-state index contributed by atoms with van der Waals surface area (Å²) in [4.78, 5) is 0. The van der Waals surface area contributed by atoms with Crippen molar-refractivity contribution in [3.8, 4) is 5.69 Å². The smallest absolute Gasteiger partial charge is 0.131 e. The zero-order chi connectivity index (χ0) is 12.9. The van der Waals surface area contributed by atoms with E-state index in [1.165, 1.54) is 11.1 Å². The van der Waals surface area contributed by atoms with E-state index in [1.807, 2.05) is 4.68 Å². The first kappa shape index (κ1) is 11.3. The Morgan fingerprint density at radius 3 is 2.50 bits per heavy atom. The molecule has 0 saturated carbocycles. The number of aromatic nitrogens is 2. The molecule has 0 fully saturated rings. The van der Waals surface area contributed by atoms with Crippen LogP contribution in [0.3, 0.4) is 0 Å². The van der Waals surface area contributed by atoms with Crippen molar-refractivity contribution in [1.29, 1.82) is 0 Å². The maximum atomic E-state index is 6.30. The van der Waals surface area contributed by atoms with E-state index >= 15 is 0 Å². The van der Waals surface area contributed by atoms with E-state index in [9.17, 15) is 0 Å². The molecule has 3 rings (SSSR count). The molecule has 2 N–H and O–H groups in total. The van der Waals surface area contributed by atoms with E-state index in [1.54, 1.807) is 0 Å². The average molecular weight is 241 g/mol. The van der Waals surface area contributed by atoms with Crippen LogP contribution < -0.4 is 5.73 Å². The Kier molecular flexibility index (Phi) is 2.27. The molecule has 0 aliphatic heterocycles. The van der Waals surface area contributed by atoms with Crippen molar-refractivity contribution in [2.24, 2.45) is 0 Å². The van der Waals surface area contributed by atoms with Gasteiger partial charge in [-0.3, -0.25) is 0 Å². The molecular weight excluding hydrogens is 222 g/mol. The number of anilines is 1. The molecule has 18 heavy (non-hydrogen) atoms. The Labute approximate surface area is 108 Å². The fourth-order valence-electron chi connectivity index (χ4n) is 2.83. The van der Waals surface area contributed by atoms with Crippen LogP contribution in [0.2, 0.25) is 0 Å². The highest BCUT2D eigenvalue weighted by molar-refractivity contribution is 5.55. The van der Waals surface area contributed by atoms with Gasteiger partial charge < -0.3 is 5.73 Å². The Bertz CT molecular complexity index is 591. The highest BCUT2D eigenvalue weighted by atomic mass is 15.3. The Morgan fingerprint density at radius 1 is 1.22 bits per heavy atom. The van der Waals surface area contributed by atoms with E-state index in [-0.39, 0.29) is 5.41 Å². The summed E-state index contributed by atoms with van der Waals surface area (Å²) in [6.45, 7) is 6.58. The fraction of sp³-hybridized carbons (Fsp3) is 0.400. The van der Waals surface area contributed by atoms with Crippen LogP contribution in [0.4, 0.5) is 5.82 Å². The van der Waals surface area contributed by atoms with Crippen LogP contribution in [0.15, 0.2) is 24.3 Å². The maximum Gasteiger partial charge on any atom is 0.131 e. The van der Waals surface area contributed by atoms with Gasteiger partial charge in [-0.15, -0.1) is 0 Å². The van der Waals surface area contributed by atoms with Crippen LogP contribution >= 0.6 is 0 Å². The summed E-state index contributed by atoms with van der Waals surface area (Å²) in [6.07, 6.45) is 2.18. The molecule has 0 radical (unpaired) electrons. The first-order chi connectivity index (χ1) is 8.49. The van der Waals surface area contributed by atoms with Gasteiger partial charge in [-0.25, -0.2) is 4.68 Å². The lowest BCUT2D eigenvalue weighted by atomic mass is 9.87. The predicted octanol–water partition coefficient (Wildman–Crippen LogP) is 2.99. The Hall–Kier alpha value is -1.77. The molecule has 0 unspecified atom stereocenters. The molecule has 2 aromatic rings. The minimum absolute atomic E-state index is 0.155. The van der Waals surface area contributed by atoms with Gasteiger partial charge in [-0.05, 0) is 37.3 Å². The third-order valence-electron chi connectivity index (χ3n) is 3.94. The van der Waals surface area contributed by atoms with Gasteiger partial charge in [0.15, 0.2) is 0 Å². The standard InChI is InChI=1S/C15H19N3/c1-10-4-6-11(7-5-10)18-14(16)13-12(17-18)8-9-15(13,2)3/h4-7H,8-9,16H2,1-3H3. The van der Waals surface area contributed by atoms with Crippen molar-refractivity contribution in [2.45, 2.75) is 39.0 Å². The second kappa shape index (κ2) is 3.61. The number of nitrogens with two attached hydrogens (primary N) is 1. The molecule has 1 aliphatic rings. The summed E-state index contributed by atoms with van der Waals surface area (Å²) in [5, 5.41) is 4.68. The summed E-state index contributed by atoms with van der Waals surface area (Å²) in [5.41, 5.74) is 11.2. The van der Waals surface area contributed by atoms with Crippen LogP contribution in [-0.4, -0.2) is 9.78 Å². The summed E-state index contributed by atoms with van der Waals surface area (Å²) in [5.74, 6) is 0.802. The van der Waals surface area contributed by atoms with Gasteiger partial charge in [0.25, 0.3) is 0 Å². The highest BCUT2D eigenvalue weighted by Gasteiger charge is 2.35. The SMILES string of the molecule is Cc1ccc(-n2nc3c(c2N)C(C)(C)CC3)cc1. The lowest BCUT2D eigenvalue weighted by Crippen LogP contribution is -2.15. The normalized spacial score (nSPS) is 16.8. The van der Waals surface area contributed by atoms with Crippen molar-refractivity contribution >= 4 is 5.82 Å². The van der Waals surface area contributed by atoms with Gasteiger partial charge in [0.2, 0.25) is 0 Å². The summed E-state index contributed by atoms with van der Waals surface area (Å²) in [7, 11) is 0. The van der Waals surface area contributed by atoms with Crippen LogP contribution in [-0.2, 0) is 11.8 Å².